The van der Waals surface area contributed by atoms with Crippen molar-refractivity contribution >= 4 is 7.82 Å². The fraction of sp³-hybridized carbons (Fsp3) is 1.00. The smallest absolute Gasteiger partial charge is 0.328 e. The molecule has 0 unspecified atom stereocenters. The first-order chi connectivity index (χ1) is 9.91. The molecule has 0 spiro atoms. The van der Waals surface area contributed by atoms with Crippen molar-refractivity contribution in [3.63, 3.8) is 0 Å². The second-order valence-corrected chi connectivity index (χ2v) is 5.91. The molecule has 1 N–H and O–H groups in total. The van der Waals surface area contributed by atoms with E-state index in [9.17, 15) is 4.57 Å². The second-order valence-electron chi connectivity index (χ2n) is 4.25. The average Bonchev–Trinajstić information content (AvgIpc) is 2.39. The third kappa shape index (κ3) is 19.3. The second kappa shape index (κ2) is 15.7. The molecule has 128 valence electrons. The maximum atomic E-state index is 12.2. The lowest BCUT2D eigenvalue weighted by atomic mass is 10.4. The first kappa shape index (κ1) is 22.6. The van der Waals surface area contributed by atoms with Gasteiger partial charge >= 0.3 is 7.82 Å². The number of nitrogens with zero attached hydrogens (tertiary/aromatic N) is 1. The van der Waals surface area contributed by atoms with E-state index in [2.05, 4.69) is 20.8 Å². The SMILES string of the molecule is CCCCOP(=O)(OCCCC)OCCCC.O=[N+]([O-])O. The zero-order valence-electron chi connectivity index (χ0n) is 13.2. The van der Waals surface area contributed by atoms with E-state index in [0.717, 1.165) is 38.5 Å². The van der Waals surface area contributed by atoms with Gasteiger partial charge in [0.05, 0.1) is 19.8 Å². The van der Waals surface area contributed by atoms with Crippen molar-refractivity contribution in [2.45, 2.75) is 59.3 Å². The number of unbranched alkanes of at least 4 members (excludes halogenated alkanes) is 3. The van der Waals surface area contributed by atoms with Crippen LogP contribution in [0.3, 0.4) is 0 Å². The number of phosphoric ester groups is 1. The van der Waals surface area contributed by atoms with Crippen molar-refractivity contribution in [1.29, 1.82) is 0 Å². The summed E-state index contributed by atoms with van der Waals surface area (Å²) in [5.74, 6) is 0. The summed E-state index contributed by atoms with van der Waals surface area (Å²) in [7, 11) is -3.31. The van der Waals surface area contributed by atoms with Gasteiger partial charge in [-0.1, -0.05) is 40.0 Å². The third-order valence-electron chi connectivity index (χ3n) is 2.24. The zero-order valence-corrected chi connectivity index (χ0v) is 14.0. The minimum atomic E-state index is -3.31. The van der Waals surface area contributed by atoms with Crippen LogP contribution in [0.4, 0.5) is 0 Å². The van der Waals surface area contributed by atoms with Crippen molar-refractivity contribution in [2.75, 3.05) is 19.8 Å². The Morgan fingerprint density at radius 3 is 1.33 bits per heavy atom. The Morgan fingerprint density at radius 1 is 0.905 bits per heavy atom. The van der Waals surface area contributed by atoms with E-state index in [1.54, 1.807) is 0 Å². The Hall–Kier alpha value is -0.690. The van der Waals surface area contributed by atoms with Crippen LogP contribution in [-0.4, -0.2) is 30.1 Å². The Bertz CT molecular complexity index is 251. The summed E-state index contributed by atoms with van der Waals surface area (Å²) >= 11 is 0. The minimum Gasteiger partial charge on any atom is -0.328 e. The molecule has 0 amide bonds. The van der Waals surface area contributed by atoms with Crippen LogP contribution in [0, 0.1) is 10.1 Å². The van der Waals surface area contributed by atoms with E-state index >= 15 is 0 Å². The van der Waals surface area contributed by atoms with Crippen LogP contribution in [0.25, 0.3) is 0 Å². The van der Waals surface area contributed by atoms with Crippen LogP contribution in [0.2, 0.25) is 0 Å². The fourth-order valence-corrected chi connectivity index (χ4v) is 2.36. The van der Waals surface area contributed by atoms with E-state index in [4.69, 9.17) is 28.9 Å². The van der Waals surface area contributed by atoms with Crippen LogP contribution in [0.5, 0.6) is 0 Å². The lowest BCUT2D eigenvalue weighted by Gasteiger charge is -2.17. The fourth-order valence-electron chi connectivity index (χ4n) is 1.07. The first-order valence-corrected chi connectivity index (χ1v) is 8.74. The normalized spacial score (nSPS) is 10.8. The lowest BCUT2D eigenvalue weighted by Crippen LogP contribution is -2.03. The predicted molar refractivity (Wildman–Crippen MR) is 79.0 cm³/mol. The van der Waals surface area contributed by atoms with Gasteiger partial charge in [-0.3, -0.25) is 13.6 Å². The molecule has 0 aliphatic heterocycles. The largest absolute Gasteiger partial charge is 0.474 e. The molecule has 0 aliphatic carbocycles. The molecule has 0 aliphatic rings. The average molecular weight is 329 g/mol. The molecule has 0 aromatic carbocycles. The maximum absolute atomic E-state index is 12.2. The lowest BCUT2D eigenvalue weighted by molar-refractivity contribution is -0.742. The summed E-state index contributed by atoms with van der Waals surface area (Å²) in [4.78, 5) is 8.36. The van der Waals surface area contributed by atoms with E-state index in [1.807, 2.05) is 0 Å². The van der Waals surface area contributed by atoms with Crippen molar-refractivity contribution in [2.24, 2.45) is 0 Å². The monoisotopic (exact) mass is 329 g/mol. The summed E-state index contributed by atoms with van der Waals surface area (Å²) in [6, 6.07) is 0. The zero-order chi connectivity index (χ0) is 16.6. The van der Waals surface area contributed by atoms with Gasteiger partial charge in [-0.05, 0) is 19.3 Å². The molecule has 0 atom stereocenters. The van der Waals surface area contributed by atoms with Crippen molar-refractivity contribution in [3.05, 3.63) is 10.1 Å². The summed E-state index contributed by atoms with van der Waals surface area (Å²) in [6.45, 7) is 7.49. The van der Waals surface area contributed by atoms with Crippen molar-refractivity contribution < 1.29 is 28.4 Å². The molecule has 0 saturated carbocycles. The van der Waals surface area contributed by atoms with Gasteiger partial charge in [-0.25, -0.2) is 4.57 Å². The minimum absolute atomic E-state index is 0.437. The topological polar surface area (TPSA) is 108 Å². The Kier molecular flexibility index (Phi) is 16.9. The van der Waals surface area contributed by atoms with Crippen LogP contribution in [-0.2, 0) is 18.1 Å². The van der Waals surface area contributed by atoms with Crippen LogP contribution >= 0.6 is 7.82 Å². The Labute approximate surface area is 126 Å². The van der Waals surface area contributed by atoms with Gasteiger partial charge < -0.3 is 5.21 Å². The summed E-state index contributed by atoms with van der Waals surface area (Å²) in [6.07, 6.45) is 5.63. The molecule has 21 heavy (non-hydrogen) atoms. The Balaban J connectivity index is 0. The molecular weight excluding hydrogens is 301 g/mol. The maximum Gasteiger partial charge on any atom is 0.474 e. The number of rotatable bonds is 12. The number of hydrogen-bond acceptors (Lipinski definition) is 6. The number of hydrogen-bond donors (Lipinski definition) is 1. The summed E-state index contributed by atoms with van der Waals surface area (Å²) in [5.41, 5.74) is 0. The molecule has 0 heterocycles. The van der Waals surface area contributed by atoms with Gasteiger partial charge in [0.25, 0.3) is 5.09 Å². The standard InChI is InChI=1S/C12H27O4P.HNO3/c1-4-7-10-14-17(13,15-11-8-5-2)16-12-9-6-3;2-1(3)4/h4-12H2,1-3H3;(H,2,3,4). The van der Waals surface area contributed by atoms with E-state index < -0.39 is 12.9 Å². The highest BCUT2D eigenvalue weighted by Crippen LogP contribution is 2.49. The van der Waals surface area contributed by atoms with Gasteiger partial charge in [0.2, 0.25) is 0 Å². The predicted octanol–water partition coefficient (Wildman–Crippen LogP) is 4.20. The molecule has 0 saturated heterocycles. The molecular formula is C12H28NO7P. The van der Waals surface area contributed by atoms with E-state index in [1.165, 1.54) is 0 Å². The van der Waals surface area contributed by atoms with Gasteiger partial charge in [0.1, 0.15) is 0 Å². The van der Waals surface area contributed by atoms with E-state index in [-0.39, 0.29) is 0 Å². The van der Waals surface area contributed by atoms with Gasteiger partial charge in [0.15, 0.2) is 0 Å². The van der Waals surface area contributed by atoms with Gasteiger partial charge in [0, 0.05) is 0 Å². The van der Waals surface area contributed by atoms with Gasteiger partial charge in [-0.2, -0.15) is 0 Å². The van der Waals surface area contributed by atoms with E-state index in [0.29, 0.717) is 19.8 Å². The van der Waals surface area contributed by atoms with Crippen LogP contribution in [0.1, 0.15) is 59.3 Å². The highest BCUT2D eigenvalue weighted by atomic mass is 31.2. The summed E-state index contributed by atoms with van der Waals surface area (Å²) in [5, 5.41) is 13.6. The summed E-state index contributed by atoms with van der Waals surface area (Å²) < 4.78 is 28.0. The first-order valence-electron chi connectivity index (χ1n) is 7.28. The number of phosphoric acid groups is 1. The molecule has 0 aromatic rings. The van der Waals surface area contributed by atoms with Crippen molar-refractivity contribution in [3.8, 4) is 0 Å². The molecule has 0 bridgehead atoms. The Morgan fingerprint density at radius 2 is 1.14 bits per heavy atom. The molecule has 0 aromatic heterocycles. The quantitative estimate of drug-likeness (QED) is 0.247. The highest BCUT2D eigenvalue weighted by Gasteiger charge is 2.25. The third-order valence-corrected chi connectivity index (χ3v) is 3.74. The highest BCUT2D eigenvalue weighted by molar-refractivity contribution is 7.48. The molecule has 0 fully saturated rings. The molecule has 9 heteroatoms. The molecule has 0 rings (SSSR count). The van der Waals surface area contributed by atoms with Crippen molar-refractivity contribution in [1.82, 2.24) is 0 Å². The molecule has 8 nitrogen and oxygen atoms in total. The van der Waals surface area contributed by atoms with Crippen LogP contribution in [0.15, 0.2) is 0 Å². The molecule has 0 radical (unpaired) electrons. The van der Waals surface area contributed by atoms with Gasteiger partial charge in [-0.15, -0.1) is 10.1 Å². The van der Waals surface area contributed by atoms with Crippen LogP contribution < -0.4 is 0 Å².